The zero-order valence-electron chi connectivity index (χ0n) is 11.9. The van der Waals surface area contributed by atoms with E-state index in [-0.39, 0.29) is 6.04 Å². The van der Waals surface area contributed by atoms with Crippen LogP contribution in [0.5, 0.6) is 17.2 Å². The average molecular weight is 272 g/mol. The highest BCUT2D eigenvalue weighted by Crippen LogP contribution is 2.25. The number of ether oxygens (including phenoxy) is 2. The maximum Gasteiger partial charge on any atom is 0.145 e. The van der Waals surface area contributed by atoms with Gasteiger partial charge < -0.3 is 15.2 Å². The largest absolute Gasteiger partial charge is 0.494 e. The molecule has 2 aromatic rings. The Morgan fingerprint density at radius 3 is 2.70 bits per heavy atom. The quantitative estimate of drug-likeness (QED) is 0.877. The second-order valence-electron chi connectivity index (χ2n) is 4.72. The van der Waals surface area contributed by atoms with Crippen molar-refractivity contribution in [3.05, 3.63) is 48.3 Å². The van der Waals surface area contributed by atoms with Crippen molar-refractivity contribution in [2.45, 2.75) is 26.3 Å². The van der Waals surface area contributed by atoms with Crippen LogP contribution in [0.25, 0.3) is 0 Å². The van der Waals surface area contributed by atoms with Crippen molar-refractivity contribution < 1.29 is 9.47 Å². The summed E-state index contributed by atoms with van der Waals surface area (Å²) in [6, 6.07) is 9.63. The summed E-state index contributed by atoms with van der Waals surface area (Å²) in [5, 5.41) is 0. The standard InChI is InChI=1S/C16H20N2O2/c1-3-19-14-5-4-6-15(9-14)20-16-8-13(7-12(2)17)10-18-11-16/h4-6,8-12H,3,7,17H2,1-2H3. The lowest BCUT2D eigenvalue weighted by molar-refractivity contribution is 0.338. The van der Waals surface area contributed by atoms with Crippen molar-refractivity contribution in [2.75, 3.05) is 6.61 Å². The molecule has 0 saturated heterocycles. The lowest BCUT2D eigenvalue weighted by atomic mass is 10.1. The molecule has 0 aliphatic heterocycles. The monoisotopic (exact) mass is 272 g/mol. The van der Waals surface area contributed by atoms with Gasteiger partial charge in [-0.25, -0.2) is 0 Å². The molecule has 1 unspecified atom stereocenters. The third-order valence-corrected chi connectivity index (χ3v) is 2.68. The Bertz CT molecular complexity index is 556. The normalized spacial score (nSPS) is 11.9. The number of nitrogens with two attached hydrogens (primary N) is 1. The first-order valence-electron chi connectivity index (χ1n) is 6.77. The SMILES string of the molecule is CCOc1cccc(Oc2cncc(CC(C)N)c2)c1. The van der Waals surface area contributed by atoms with Crippen molar-refractivity contribution in [3.63, 3.8) is 0 Å². The number of rotatable bonds is 6. The van der Waals surface area contributed by atoms with Gasteiger partial charge in [-0.05, 0) is 44.0 Å². The molecule has 0 aliphatic rings. The van der Waals surface area contributed by atoms with Gasteiger partial charge in [-0.3, -0.25) is 4.98 Å². The fourth-order valence-corrected chi connectivity index (χ4v) is 1.93. The van der Waals surface area contributed by atoms with Gasteiger partial charge in [0.25, 0.3) is 0 Å². The van der Waals surface area contributed by atoms with E-state index in [2.05, 4.69) is 4.98 Å². The minimum absolute atomic E-state index is 0.105. The summed E-state index contributed by atoms with van der Waals surface area (Å²) in [5.74, 6) is 2.23. The van der Waals surface area contributed by atoms with Crippen molar-refractivity contribution in [1.82, 2.24) is 4.98 Å². The predicted octanol–water partition coefficient (Wildman–Crippen LogP) is 3.16. The first-order valence-corrected chi connectivity index (χ1v) is 6.77. The van der Waals surface area contributed by atoms with Crippen LogP contribution in [0.4, 0.5) is 0 Å². The Labute approximate surface area is 119 Å². The van der Waals surface area contributed by atoms with Crippen LogP contribution in [-0.4, -0.2) is 17.6 Å². The third-order valence-electron chi connectivity index (χ3n) is 2.68. The highest BCUT2D eigenvalue weighted by atomic mass is 16.5. The average Bonchev–Trinajstić information content (AvgIpc) is 2.39. The fourth-order valence-electron chi connectivity index (χ4n) is 1.93. The van der Waals surface area contributed by atoms with Crippen LogP contribution in [0, 0.1) is 0 Å². The molecule has 0 radical (unpaired) electrons. The van der Waals surface area contributed by atoms with E-state index < -0.39 is 0 Å². The van der Waals surface area contributed by atoms with E-state index in [1.165, 1.54) is 0 Å². The van der Waals surface area contributed by atoms with Crippen LogP contribution in [0.2, 0.25) is 0 Å². The van der Waals surface area contributed by atoms with Gasteiger partial charge in [0.05, 0.1) is 12.8 Å². The lowest BCUT2D eigenvalue weighted by Crippen LogP contribution is -2.17. The molecule has 1 heterocycles. The van der Waals surface area contributed by atoms with Gasteiger partial charge in [-0.15, -0.1) is 0 Å². The first-order chi connectivity index (χ1) is 9.67. The van der Waals surface area contributed by atoms with Gasteiger partial charge in [0.15, 0.2) is 0 Å². The van der Waals surface area contributed by atoms with Gasteiger partial charge in [0, 0.05) is 18.3 Å². The minimum Gasteiger partial charge on any atom is -0.494 e. The molecule has 0 amide bonds. The summed E-state index contributed by atoms with van der Waals surface area (Å²) in [4.78, 5) is 4.18. The molecule has 2 rings (SSSR count). The smallest absolute Gasteiger partial charge is 0.145 e. The summed E-state index contributed by atoms with van der Waals surface area (Å²) in [7, 11) is 0. The first kappa shape index (κ1) is 14.3. The fraction of sp³-hybridized carbons (Fsp3) is 0.312. The molecule has 0 fully saturated rings. The molecule has 0 saturated carbocycles. The Morgan fingerprint density at radius 2 is 1.95 bits per heavy atom. The summed E-state index contributed by atoms with van der Waals surface area (Å²) >= 11 is 0. The number of benzene rings is 1. The maximum atomic E-state index is 5.80. The molecule has 0 bridgehead atoms. The van der Waals surface area contributed by atoms with Crippen molar-refractivity contribution >= 4 is 0 Å². The number of nitrogens with zero attached hydrogens (tertiary/aromatic N) is 1. The second kappa shape index (κ2) is 6.91. The minimum atomic E-state index is 0.105. The highest BCUT2D eigenvalue weighted by molar-refractivity contribution is 5.36. The molecule has 106 valence electrons. The van der Waals surface area contributed by atoms with Crippen molar-refractivity contribution in [3.8, 4) is 17.2 Å². The van der Waals surface area contributed by atoms with E-state index in [0.29, 0.717) is 12.4 Å². The van der Waals surface area contributed by atoms with E-state index in [4.69, 9.17) is 15.2 Å². The van der Waals surface area contributed by atoms with Crippen LogP contribution >= 0.6 is 0 Å². The zero-order chi connectivity index (χ0) is 14.4. The molecule has 20 heavy (non-hydrogen) atoms. The number of hydrogen-bond acceptors (Lipinski definition) is 4. The number of hydrogen-bond donors (Lipinski definition) is 1. The lowest BCUT2D eigenvalue weighted by Gasteiger charge is -2.10. The van der Waals surface area contributed by atoms with E-state index in [0.717, 1.165) is 23.5 Å². The van der Waals surface area contributed by atoms with Gasteiger partial charge in [-0.1, -0.05) is 6.07 Å². The van der Waals surface area contributed by atoms with Gasteiger partial charge in [0.2, 0.25) is 0 Å². The highest BCUT2D eigenvalue weighted by Gasteiger charge is 2.03. The van der Waals surface area contributed by atoms with Gasteiger partial charge in [-0.2, -0.15) is 0 Å². The van der Waals surface area contributed by atoms with Crippen LogP contribution in [0.15, 0.2) is 42.7 Å². The molecule has 0 aliphatic carbocycles. The zero-order valence-corrected chi connectivity index (χ0v) is 11.9. The number of aromatic nitrogens is 1. The van der Waals surface area contributed by atoms with E-state index in [1.54, 1.807) is 6.20 Å². The van der Waals surface area contributed by atoms with Crippen LogP contribution in [0.3, 0.4) is 0 Å². The summed E-state index contributed by atoms with van der Waals surface area (Å²) in [6.07, 6.45) is 4.29. The molecule has 1 aromatic heterocycles. The molecular weight excluding hydrogens is 252 g/mol. The van der Waals surface area contributed by atoms with Crippen molar-refractivity contribution in [1.29, 1.82) is 0 Å². The Balaban J connectivity index is 2.11. The van der Waals surface area contributed by atoms with Gasteiger partial charge in [0.1, 0.15) is 17.2 Å². The Kier molecular flexibility index (Phi) is 4.96. The molecular formula is C16H20N2O2. The predicted molar refractivity (Wildman–Crippen MR) is 79.3 cm³/mol. The Hall–Kier alpha value is -2.07. The summed E-state index contributed by atoms with van der Waals surface area (Å²) < 4.78 is 11.3. The Morgan fingerprint density at radius 1 is 1.15 bits per heavy atom. The molecule has 4 nitrogen and oxygen atoms in total. The maximum absolute atomic E-state index is 5.80. The van der Waals surface area contributed by atoms with E-state index in [1.807, 2.05) is 50.4 Å². The van der Waals surface area contributed by atoms with Crippen molar-refractivity contribution in [2.24, 2.45) is 5.73 Å². The van der Waals surface area contributed by atoms with Crippen LogP contribution in [0.1, 0.15) is 19.4 Å². The molecule has 1 atom stereocenters. The van der Waals surface area contributed by atoms with E-state index >= 15 is 0 Å². The third kappa shape index (κ3) is 4.24. The van der Waals surface area contributed by atoms with Crippen LogP contribution in [-0.2, 0) is 6.42 Å². The molecule has 1 aromatic carbocycles. The van der Waals surface area contributed by atoms with E-state index in [9.17, 15) is 0 Å². The molecule has 0 spiro atoms. The topological polar surface area (TPSA) is 57.4 Å². The molecule has 4 heteroatoms. The molecule has 2 N–H and O–H groups in total. The van der Waals surface area contributed by atoms with Crippen LogP contribution < -0.4 is 15.2 Å². The number of pyridine rings is 1. The van der Waals surface area contributed by atoms with Gasteiger partial charge >= 0.3 is 0 Å². The summed E-state index contributed by atoms with van der Waals surface area (Å²) in [6.45, 7) is 4.56. The summed E-state index contributed by atoms with van der Waals surface area (Å²) in [5.41, 5.74) is 6.86. The second-order valence-corrected chi connectivity index (χ2v) is 4.72.